The zero-order chi connectivity index (χ0) is 17.2. The van der Waals surface area contributed by atoms with Gasteiger partial charge in [-0.25, -0.2) is 11.7 Å². The number of nitrogens with zero attached hydrogens (tertiary/aromatic N) is 1. The fraction of sp³-hybridized carbons (Fsp3) is 0.235. The van der Waals surface area contributed by atoms with Gasteiger partial charge < -0.3 is 5.01 Å². The summed E-state index contributed by atoms with van der Waals surface area (Å²) in [6, 6.07) is 10.5. The summed E-state index contributed by atoms with van der Waals surface area (Å²) >= 11 is 1.74. The summed E-state index contributed by atoms with van der Waals surface area (Å²) < 4.78 is 0. The van der Waals surface area contributed by atoms with Gasteiger partial charge in [0.05, 0.1) is 5.69 Å². The molecule has 5 nitrogen and oxygen atoms in total. The Kier molecular flexibility index (Phi) is 8.04. The molecule has 0 bridgehead atoms. The van der Waals surface area contributed by atoms with Crippen LogP contribution >= 0.6 is 11.3 Å². The van der Waals surface area contributed by atoms with E-state index in [2.05, 4.69) is 67.6 Å². The van der Waals surface area contributed by atoms with Crippen molar-refractivity contribution in [3.05, 3.63) is 51.7 Å². The first-order valence-electron chi connectivity index (χ1n) is 7.24. The first-order valence-corrected chi connectivity index (χ1v) is 8.11. The molecule has 1 amide bonds. The molecule has 0 spiro atoms. The van der Waals surface area contributed by atoms with Gasteiger partial charge in [0.15, 0.2) is 0 Å². The molecule has 0 radical (unpaired) electrons. The Bertz CT molecular complexity index is 595. The smallest absolute Gasteiger partial charge is 0.221 e. The Balaban J connectivity index is 0.000000593. The van der Waals surface area contributed by atoms with Crippen LogP contribution in [0, 0.1) is 0 Å². The highest BCUT2D eigenvalue weighted by Crippen LogP contribution is 2.29. The van der Waals surface area contributed by atoms with E-state index in [1.807, 2.05) is 7.05 Å². The Morgan fingerprint density at radius 1 is 1.22 bits per heavy atom. The Morgan fingerprint density at radius 2 is 1.91 bits per heavy atom. The molecule has 0 aliphatic heterocycles. The van der Waals surface area contributed by atoms with Crippen molar-refractivity contribution < 1.29 is 4.79 Å². The molecule has 0 aliphatic carbocycles. The van der Waals surface area contributed by atoms with Gasteiger partial charge in [0.25, 0.3) is 0 Å². The quantitative estimate of drug-likeness (QED) is 0.340. The maximum Gasteiger partial charge on any atom is 0.221 e. The SMILES string of the molecule is CC(C)c1cccc(N(C)N)c1/C=C/c1cccs1.NNC=O. The molecule has 5 N–H and O–H groups in total. The summed E-state index contributed by atoms with van der Waals surface area (Å²) in [5.74, 6) is 10.8. The van der Waals surface area contributed by atoms with Gasteiger partial charge in [0.1, 0.15) is 0 Å². The number of carbonyl (C=O) groups excluding carboxylic acids is 1. The summed E-state index contributed by atoms with van der Waals surface area (Å²) in [5, 5.41) is 3.77. The first-order chi connectivity index (χ1) is 11.0. The number of benzene rings is 1. The molecule has 2 rings (SSSR count). The van der Waals surface area contributed by atoms with Crippen LogP contribution in [0.15, 0.2) is 35.7 Å². The van der Waals surface area contributed by atoms with Gasteiger partial charge in [-0.15, -0.1) is 11.3 Å². The molecule has 1 aromatic carbocycles. The number of nitrogens with one attached hydrogen (secondary N) is 1. The highest BCUT2D eigenvalue weighted by molar-refractivity contribution is 7.10. The molecule has 1 heterocycles. The number of thiophene rings is 1. The maximum absolute atomic E-state index is 8.94. The largest absolute Gasteiger partial charge is 0.314 e. The molecule has 0 unspecified atom stereocenters. The van der Waals surface area contributed by atoms with E-state index in [1.54, 1.807) is 21.8 Å². The number of nitrogens with two attached hydrogens (primary N) is 2. The molecular weight excluding hydrogens is 308 g/mol. The van der Waals surface area contributed by atoms with Crippen molar-refractivity contribution >= 4 is 35.6 Å². The summed E-state index contributed by atoms with van der Waals surface area (Å²) in [5.41, 5.74) is 5.33. The average molecular weight is 332 g/mol. The molecule has 6 heteroatoms. The summed E-state index contributed by atoms with van der Waals surface area (Å²) in [6.45, 7) is 4.41. The Hall–Kier alpha value is -2.15. The van der Waals surface area contributed by atoms with Gasteiger partial charge in [-0.1, -0.05) is 38.1 Å². The van der Waals surface area contributed by atoms with Crippen molar-refractivity contribution in [3.8, 4) is 0 Å². The second-order valence-corrected chi connectivity index (χ2v) is 6.16. The van der Waals surface area contributed by atoms with E-state index < -0.39 is 0 Å². The summed E-state index contributed by atoms with van der Waals surface area (Å²) in [4.78, 5) is 10.2. The first kappa shape index (κ1) is 18.9. The molecule has 2 aromatic rings. The minimum absolute atomic E-state index is 0.403. The second kappa shape index (κ2) is 9.78. The van der Waals surface area contributed by atoms with Gasteiger partial charge >= 0.3 is 0 Å². The molecule has 0 fully saturated rings. The second-order valence-electron chi connectivity index (χ2n) is 5.18. The summed E-state index contributed by atoms with van der Waals surface area (Å²) in [6.07, 6.45) is 4.72. The third kappa shape index (κ3) is 5.86. The van der Waals surface area contributed by atoms with Crippen LogP contribution in [0.4, 0.5) is 5.69 Å². The third-order valence-electron chi connectivity index (χ3n) is 3.14. The zero-order valence-electron chi connectivity index (χ0n) is 13.7. The number of hydrogen-bond acceptors (Lipinski definition) is 5. The van der Waals surface area contributed by atoms with E-state index in [1.165, 1.54) is 16.0 Å². The van der Waals surface area contributed by atoms with E-state index in [4.69, 9.17) is 10.6 Å². The monoisotopic (exact) mass is 332 g/mol. The number of carbonyl (C=O) groups is 1. The number of amides is 1. The maximum atomic E-state index is 8.94. The van der Waals surface area contributed by atoms with Crippen LogP contribution in [0.2, 0.25) is 0 Å². The van der Waals surface area contributed by atoms with E-state index in [0.29, 0.717) is 12.3 Å². The van der Waals surface area contributed by atoms with Crippen molar-refractivity contribution in [1.29, 1.82) is 0 Å². The van der Waals surface area contributed by atoms with Crippen molar-refractivity contribution in [2.75, 3.05) is 12.1 Å². The lowest BCUT2D eigenvalue weighted by atomic mass is 9.95. The van der Waals surface area contributed by atoms with E-state index in [9.17, 15) is 0 Å². The predicted molar refractivity (Wildman–Crippen MR) is 99.8 cm³/mol. The number of hydrazine groups is 2. The Morgan fingerprint density at radius 3 is 2.39 bits per heavy atom. The fourth-order valence-electron chi connectivity index (χ4n) is 2.11. The lowest BCUT2D eigenvalue weighted by Gasteiger charge is -2.19. The summed E-state index contributed by atoms with van der Waals surface area (Å²) in [7, 11) is 1.88. The zero-order valence-corrected chi connectivity index (χ0v) is 14.5. The molecule has 124 valence electrons. The molecule has 0 atom stereocenters. The van der Waals surface area contributed by atoms with Gasteiger partial charge in [-0.05, 0) is 35.1 Å². The van der Waals surface area contributed by atoms with E-state index in [0.717, 1.165) is 5.69 Å². The third-order valence-corrected chi connectivity index (χ3v) is 3.98. The van der Waals surface area contributed by atoms with E-state index in [-0.39, 0.29) is 0 Å². The molecule has 0 aliphatic rings. The highest BCUT2D eigenvalue weighted by Gasteiger charge is 2.10. The van der Waals surface area contributed by atoms with Crippen LogP contribution < -0.4 is 22.1 Å². The van der Waals surface area contributed by atoms with Crippen molar-refractivity contribution in [1.82, 2.24) is 5.43 Å². The van der Waals surface area contributed by atoms with E-state index >= 15 is 0 Å². The predicted octanol–water partition coefficient (Wildman–Crippen LogP) is 2.96. The molecule has 23 heavy (non-hydrogen) atoms. The van der Waals surface area contributed by atoms with Crippen LogP contribution in [0.1, 0.15) is 35.8 Å². The standard InChI is InChI=1S/C16H20N2S.CH4N2O/c1-12(2)14-7-4-8-16(18(3)17)15(14)10-9-13-6-5-11-19-13;2-3-1-4/h4-12H,17H2,1-3H3;1H,2H2,(H,3,4)/b10-9+;. The Labute approximate surface area is 141 Å². The van der Waals surface area contributed by atoms with Crippen molar-refractivity contribution in [3.63, 3.8) is 0 Å². The molecule has 0 saturated carbocycles. The van der Waals surface area contributed by atoms with Crippen LogP contribution in [0.5, 0.6) is 0 Å². The van der Waals surface area contributed by atoms with Crippen LogP contribution in [-0.2, 0) is 4.79 Å². The fourth-order valence-corrected chi connectivity index (χ4v) is 2.73. The number of hydrogen-bond donors (Lipinski definition) is 3. The highest BCUT2D eigenvalue weighted by atomic mass is 32.1. The average Bonchev–Trinajstić information content (AvgIpc) is 3.06. The molecular formula is C17H24N4OS. The molecule has 0 saturated heterocycles. The minimum Gasteiger partial charge on any atom is -0.314 e. The van der Waals surface area contributed by atoms with Crippen molar-refractivity contribution in [2.45, 2.75) is 19.8 Å². The minimum atomic E-state index is 0.403. The van der Waals surface area contributed by atoms with Gasteiger partial charge in [-0.3, -0.25) is 10.2 Å². The topological polar surface area (TPSA) is 84.4 Å². The van der Waals surface area contributed by atoms with Crippen LogP contribution in [0.25, 0.3) is 12.2 Å². The van der Waals surface area contributed by atoms with Gasteiger partial charge in [0.2, 0.25) is 6.41 Å². The number of rotatable bonds is 5. The van der Waals surface area contributed by atoms with Crippen LogP contribution in [-0.4, -0.2) is 13.5 Å². The van der Waals surface area contributed by atoms with Crippen LogP contribution in [0.3, 0.4) is 0 Å². The lowest BCUT2D eigenvalue weighted by molar-refractivity contribution is -0.109. The van der Waals surface area contributed by atoms with Crippen molar-refractivity contribution in [2.24, 2.45) is 11.7 Å². The molecule has 1 aromatic heterocycles. The van der Waals surface area contributed by atoms with Gasteiger partial charge in [0, 0.05) is 17.5 Å². The normalized spacial score (nSPS) is 10.3. The van der Waals surface area contributed by atoms with Gasteiger partial charge in [-0.2, -0.15) is 0 Å². The lowest BCUT2D eigenvalue weighted by Crippen LogP contribution is -2.26. The number of anilines is 1.